The Morgan fingerprint density at radius 3 is 2.61 bits per heavy atom. The van der Waals surface area contributed by atoms with Gasteiger partial charge in [0.05, 0.1) is 20.3 Å². The SMILES string of the molecule is CCN(CC)CCNC(=O)c1ccc2c(c1)C1C=CCC1C(c1ccc(OC)c(OC)c1)N2. The van der Waals surface area contributed by atoms with Crippen LogP contribution in [0.1, 0.15) is 53.7 Å². The summed E-state index contributed by atoms with van der Waals surface area (Å²) >= 11 is 0. The first-order valence-electron chi connectivity index (χ1n) is 11.9. The number of hydrogen-bond acceptors (Lipinski definition) is 5. The Kier molecular flexibility index (Phi) is 7.23. The fraction of sp³-hybridized carbons (Fsp3) is 0.444. The fourth-order valence-corrected chi connectivity index (χ4v) is 5.08. The molecule has 2 aromatic rings. The van der Waals surface area contributed by atoms with Gasteiger partial charge in [0, 0.05) is 30.3 Å². The van der Waals surface area contributed by atoms with Gasteiger partial charge in [0.1, 0.15) is 0 Å². The van der Waals surface area contributed by atoms with Gasteiger partial charge in [0.25, 0.3) is 5.91 Å². The van der Waals surface area contributed by atoms with Gasteiger partial charge in [-0.25, -0.2) is 0 Å². The zero-order chi connectivity index (χ0) is 23.4. The summed E-state index contributed by atoms with van der Waals surface area (Å²) in [5.41, 5.74) is 4.18. The van der Waals surface area contributed by atoms with Gasteiger partial charge in [0.15, 0.2) is 11.5 Å². The maximum absolute atomic E-state index is 12.8. The largest absolute Gasteiger partial charge is 0.493 e. The van der Waals surface area contributed by atoms with Gasteiger partial charge < -0.3 is 25.0 Å². The van der Waals surface area contributed by atoms with Gasteiger partial charge in [-0.15, -0.1) is 0 Å². The quantitative estimate of drug-likeness (QED) is 0.548. The molecule has 0 saturated heterocycles. The second kappa shape index (κ2) is 10.3. The number of carbonyl (C=O) groups is 1. The zero-order valence-corrected chi connectivity index (χ0v) is 20.1. The monoisotopic (exact) mass is 449 g/mol. The van der Waals surface area contributed by atoms with E-state index in [0.29, 0.717) is 12.5 Å². The molecule has 6 heteroatoms. The van der Waals surface area contributed by atoms with Crippen molar-refractivity contribution in [1.82, 2.24) is 10.2 Å². The van der Waals surface area contributed by atoms with E-state index in [2.05, 4.69) is 59.7 Å². The molecule has 4 rings (SSSR count). The van der Waals surface area contributed by atoms with Crippen LogP contribution < -0.4 is 20.1 Å². The van der Waals surface area contributed by atoms with Gasteiger partial charge in [-0.1, -0.05) is 32.1 Å². The first kappa shape index (κ1) is 23.2. The van der Waals surface area contributed by atoms with Crippen molar-refractivity contribution in [2.24, 2.45) is 5.92 Å². The third-order valence-electron chi connectivity index (χ3n) is 7.00. The van der Waals surface area contributed by atoms with Gasteiger partial charge in [-0.2, -0.15) is 0 Å². The minimum Gasteiger partial charge on any atom is -0.493 e. The van der Waals surface area contributed by atoms with Crippen molar-refractivity contribution >= 4 is 11.6 Å². The molecule has 1 aliphatic carbocycles. The van der Waals surface area contributed by atoms with Gasteiger partial charge in [-0.3, -0.25) is 4.79 Å². The van der Waals surface area contributed by atoms with Gasteiger partial charge >= 0.3 is 0 Å². The lowest BCUT2D eigenvalue weighted by molar-refractivity contribution is 0.0948. The van der Waals surface area contributed by atoms with Crippen molar-refractivity contribution in [1.29, 1.82) is 0 Å². The molecule has 0 radical (unpaired) electrons. The summed E-state index contributed by atoms with van der Waals surface area (Å²) in [6.45, 7) is 7.79. The summed E-state index contributed by atoms with van der Waals surface area (Å²) < 4.78 is 10.9. The van der Waals surface area contributed by atoms with Crippen LogP contribution in [0, 0.1) is 5.92 Å². The summed E-state index contributed by atoms with van der Waals surface area (Å²) in [6, 6.07) is 12.3. The van der Waals surface area contributed by atoms with E-state index in [9.17, 15) is 4.79 Å². The summed E-state index contributed by atoms with van der Waals surface area (Å²) in [4.78, 5) is 15.1. The van der Waals surface area contributed by atoms with Crippen LogP contribution in [0.15, 0.2) is 48.6 Å². The number of amides is 1. The summed E-state index contributed by atoms with van der Waals surface area (Å²) in [6.07, 6.45) is 5.55. The predicted octanol–water partition coefficient (Wildman–Crippen LogP) is 4.60. The van der Waals surface area contributed by atoms with Crippen molar-refractivity contribution < 1.29 is 14.3 Å². The lowest BCUT2D eigenvalue weighted by Crippen LogP contribution is -2.35. The zero-order valence-electron chi connectivity index (χ0n) is 20.1. The number of fused-ring (bicyclic) bond motifs is 3. The molecule has 2 aliphatic rings. The molecule has 0 aromatic heterocycles. The van der Waals surface area contributed by atoms with Crippen molar-refractivity contribution in [2.45, 2.75) is 32.2 Å². The molecule has 176 valence electrons. The highest BCUT2D eigenvalue weighted by Crippen LogP contribution is 2.50. The fourth-order valence-electron chi connectivity index (χ4n) is 5.08. The number of methoxy groups -OCH3 is 2. The highest BCUT2D eigenvalue weighted by molar-refractivity contribution is 5.95. The highest BCUT2D eigenvalue weighted by atomic mass is 16.5. The van der Waals surface area contributed by atoms with Gasteiger partial charge in [-0.05, 0) is 66.9 Å². The molecule has 1 amide bonds. The predicted molar refractivity (Wildman–Crippen MR) is 132 cm³/mol. The van der Waals surface area contributed by atoms with Crippen LogP contribution in [0.3, 0.4) is 0 Å². The van der Waals surface area contributed by atoms with Crippen LogP contribution in [0.4, 0.5) is 5.69 Å². The molecule has 1 aliphatic heterocycles. The average Bonchev–Trinajstić information content (AvgIpc) is 3.35. The Morgan fingerprint density at radius 2 is 1.88 bits per heavy atom. The van der Waals surface area contributed by atoms with Gasteiger partial charge in [0.2, 0.25) is 0 Å². The molecule has 1 heterocycles. The molecule has 6 nitrogen and oxygen atoms in total. The molecule has 0 saturated carbocycles. The third kappa shape index (κ3) is 4.71. The number of benzene rings is 2. The molecule has 0 fully saturated rings. The number of likely N-dealkylation sites (N-methyl/N-ethyl adjacent to an activating group) is 1. The van der Waals surface area contributed by atoms with E-state index >= 15 is 0 Å². The second-order valence-corrected chi connectivity index (χ2v) is 8.67. The maximum atomic E-state index is 12.8. The first-order valence-corrected chi connectivity index (χ1v) is 11.9. The van der Waals surface area contributed by atoms with Crippen LogP contribution in [0.2, 0.25) is 0 Å². The number of nitrogens with one attached hydrogen (secondary N) is 2. The average molecular weight is 450 g/mol. The number of anilines is 1. The highest BCUT2D eigenvalue weighted by Gasteiger charge is 2.38. The van der Waals surface area contributed by atoms with Crippen molar-refractivity contribution in [3.05, 3.63) is 65.2 Å². The molecule has 2 N–H and O–H groups in total. The smallest absolute Gasteiger partial charge is 0.251 e. The standard InChI is InChI=1S/C27H35N3O3/c1-5-30(6-2)15-14-28-27(31)19-10-12-23-22(16-19)20-8-7-9-21(20)26(29-23)18-11-13-24(32-3)25(17-18)33-4/h7-8,10-13,16-17,20-21,26,29H,5-6,9,14-15H2,1-4H3,(H,28,31). The Hall–Kier alpha value is -2.99. The number of ether oxygens (including phenoxy) is 2. The van der Waals surface area contributed by atoms with E-state index in [4.69, 9.17) is 9.47 Å². The summed E-state index contributed by atoms with van der Waals surface area (Å²) in [5, 5.41) is 6.82. The topological polar surface area (TPSA) is 62.8 Å². The molecule has 33 heavy (non-hydrogen) atoms. The van der Waals surface area contributed by atoms with E-state index in [0.717, 1.165) is 48.8 Å². The lowest BCUT2D eigenvalue weighted by Gasteiger charge is -2.38. The lowest BCUT2D eigenvalue weighted by atomic mass is 9.76. The van der Waals surface area contributed by atoms with Crippen molar-refractivity contribution in [3.8, 4) is 11.5 Å². The Labute approximate surface area is 197 Å². The van der Waals surface area contributed by atoms with Crippen LogP contribution >= 0.6 is 0 Å². The molecular formula is C27H35N3O3. The van der Waals surface area contributed by atoms with Crippen LogP contribution in [0.5, 0.6) is 11.5 Å². The Morgan fingerprint density at radius 1 is 1.09 bits per heavy atom. The Balaban J connectivity index is 1.54. The molecular weight excluding hydrogens is 414 g/mol. The minimum atomic E-state index is -0.00880. The normalized spacial score (nSPS) is 20.7. The molecule has 2 aromatic carbocycles. The molecule has 3 unspecified atom stereocenters. The number of nitrogens with zero attached hydrogens (tertiary/aromatic N) is 1. The first-order chi connectivity index (χ1) is 16.1. The summed E-state index contributed by atoms with van der Waals surface area (Å²) in [5.74, 6) is 2.13. The van der Waals surface area contributed by atoms with Crippen LogP contribution in [-0.4, -0.2) is 51.2 Å². The van der Waals surface area contributed by atoms with E-state index in [-0.39, 0.29) is 17.9 Å². The Bertz CT molecular complexity index is 1020. The number of rotatable bonds is 9. The second-order valence-electron chi connectivity index (χ2n) is 8.67. The van der Waals surface area contributed by atoms with E-state index in [1.165, 1.54) is 11.1 Å². The van der Waals surface area contributed by atoms with Crippen molar-refractivity contribution in [2.75, 3.05) is 45.7 Å². The molecule has 3 atom stereocenters. The van der Waals surface area contributed by atoms with Crippen LogP contribution in [-0.2, 0) is 0 Å². The molecule has 0 spiro atoms. The van der Waals surface area contributed by atoms with E-state index in [1.807, 2.05) is 18.2 Å². The third-order valence-corrected chi connectivity index (χ3v) is 7.00. The number of carbonyl (C=O) groups excluding carboxylic acids is 1. The number of allylic oxidation sites excluding steroid dienone is 2. The molecule has 0 bridgehead atoms. The summed E-state index contributed by atoms with van der Waals surface area (Å²) in [7, 11) is 3.32. The van der Waals surface area contributed by atoms with E-state index in [1.54, 1.807) is 14.2 Å². The minimum absolute atomic E-state index is 0.00880. The number of hydrogen-bond donors (Lipinski definition) is 2. The van der Waals surface area contributed by atoms with Crippen molar-refractivity contribution in [3.63, 3.8) is 0 Å². The maximum Gasteiger partial charge on any atom is 0.251 e. The van der Waals surface area contributed by atoms with Crippen LogP contribution in [0.25, 0.3) is 0 Å². The van der Waals surface area contributed by atoms with E-state index < -0.39 is 0 Å².